The molecular formula is C17H29NO2. The van der Waals surface area contributed by atoms with E-state index in [4.69, 9.17) is 9.47 Å². The summed E-state index contributed by atoms with van der Waals surface area (Å²) in [5, 5.41) is 3.51. The Hall–Kier alpha value is -1.22. The van der Waals surface area contributed by atoms with Gasteiger partial charge in [-0.1, -0.05) is 38.8 Å². The molecule has 0 aromatic heterocycles. The Labute approximate surface area is 123 Å². The predicted octanol–water partition coefficient (Wildman–Crippen LogP) is 4.15. The summed E-state index contributed by atoms with van der Waals surface area (Å²) in [6.07, 6.45) is 4.62. The molecule has 3 heteroatoms. The molecule has 0 saturated heterocycles. The van der Waals surface area contributed by atoms with E-state index in [0.29, 0.717) is 6.04 Å². The number of ether oxygens (including phenoxy) is 2. The van der Waals surface area contributed by atoms with Crippen molar-refractivity contribution in [1.29, 1.82) is 0 Å². The summed E-state index contributed by atoms with van der Waals surface area (Å²) in [6, 6.07) is 6.59. The third-order valence-electron chi connectivity index (χ3n) is 3.53. The summed E-state index contributed by atoms with van der Waals surface area (Å²) in [4.78, 5) is 0. The highest BCUT2D eigenvalue weighted by Gasteiger charge is 2.11. The Morgan fingerprint density at radius 3 is 2.65 bits per heavy atom. The normalized spacial score (nSPS) is 12.2. The van der Waals surface area contributed by atoms with Crippen LogP contribution in [0, 0.1) is 0 Å². The van der Waals surface area contributed by atoms with E-state index in [0.717, 1.165) is 37.5 Å². The molecule has 20 heavy (non-hydrogen) atoms. The van der Waals surface area contributed by atoms with E-state index in [1.54, 1.807) is 7.11 Å². The summed E-state index contributed by atoms with van der Waals surface area (Å²) in [5.74, 6) is 1.71. The third-order valence-corrected chi connectivity index (χ3v) is 3.53. The topological polar surface area (TPSA) is 30.5 Å². The molecule has 0 aliphatic rings. The maximum Gasteiger partial charge on any atom is 0.165 e. The lowest BCUT2D eigenvalue weighted by molar-refractivity contribution is 0.282. The lowest BCUT2D eigenvalue weighted by Crippen LogP contribution is -2.24. The zero-order valence-corrected chi connectivity index (χ0v) is 13.4. The molecule has 1 aromatic carbocycles. The smallest absolute Gasteiger partial charge is 0.165 e. The van der Waals surface area contributed by atoms with Crippen LogP contribution in [-0.2, 0) is 6.54 Å². The number of para-hydroxylation sites is 1. The number of hydrogen-bond acceptors (Lipinski definition) is 3. The molecule has 0 aliphatic heterocycles. The first kappa shape index (κ1) is 16.8. The van der Waals surface area contributed by atoms with Crippen LogP contribution in [0.3, 0.4) is 0 Å². The Kier molecular flexibility index (Phi) is 8.12. The zero-order chi connectivity index (χ0) is 14.8. The van der Waals surface area contributed by atoms with E-state index in [1.165, 1.54) is 18.4 Å². The summed E-state index contributed by atoms with van der Waals surface area (Å²) >= 11 is 0. The second-order valence-electron chi connectivity index (χ2n) is 5.19. The van der Waals surface area contributed by atoms with Crippen molar-refractivity contribution in [2.24, 2.45) is 0 Å². The highest BCUT2D eigenvalue weighted by Crippen LogP contribution is 2.31. The Bertz CT molecular complexity index is 379. The van der Waals surface area contributed by atoms with E-state index >= 15 is 0 Å². The molecule has 1 atom stereocenters. The van der Waals surface area contributed by atoms with Crippen LogP contribution in [0.25, 0.3) is 0 Å². The van der Waals surface area contributed by atoms with Gasteiger partial charge in [-0.15, -0.1) is 0 Å². The molecule has 0 spiro atoms. The van der Waals surface area contributed by atoms with Gasteiger partial charge in [-0.25, -0.2) is 0 Å². The zero-order valence-electron chi connectivity index (χ0n) is 13.4. The van der Waals surface area contributed by atoms with Crippen molar-refractivity contribution < 1.29 is 9.47 Å². The van der Waals surface area contributed by atoms with Crippen molar-refractivity contribution in [2.45, 2.75) is 59.0 Å². The number of methoxy groups -OCH3 is 1. The lowest BCUT2D eigenvalue weighted by Gasteiger charge is -2.17. The van der Waals surface area contributed by atoms with E-state index in [2.05, 4.69) is 32.2 Å². The minimum atomic E-state index is 0.508. The number of nitrogens with one attached hydrogen (secondary N) is 1. The van der Waals surface area contributed by atoms with E-state index < -0.39 is 0 Å². The van der Waals surface area contributed by atoms with Gasteiger partial charge in [0, 0.05) is 18.2 Å². The standard InChI is InChI=1S/C17H29NO2/c1-5-7-8-12-20-17-15(13-18-14(3)6-2)10-9-11-16(17)19-4/h9-11,14,18H,5-8,12-13H2,1-4H3. The SMILES string of the molecule is CCCCCOc1c(CNC(C)CC)cccc1OC. The number of benzene rings is 1. The first-order valence-electron chi connectivity index (χ1n) is 7.74. The van der Waals surface area contributed by atoms with Crippen LogP contribution in [0.15, 0.2) is 18.2 Å². The van der Waals surface area contributed by atoms with Crippen LogP contribution >= 0.6 is 0 Å². The fraction of sp³-hybridized carbons (Fsp3) is 0.647. The summed E-state index contributed by atoms with van der Waals surface area (Å²) in [6.45, 7) is 8.15. The van der Waals surface area contributed by atoms with E-state index in [1.807, 2.05) is 12.1 Å². The molecule has 3 nitrogen and oxygen atoms in total. The van der Waals surface area contributed by atoms with Crippen molar-refractivity contribution in [3.8, 4) is 11.5 Å². The van der Waals surface area contributed by atoms with Crippen LogP contribution in [0.2, 0.25) is 0 Å². The van der Waals surface area contributed by atoms with Gasteiger partial charge >= 0.3 is 0 Å². The molecule has 0 amide bonds. The van der Waals surface area contributed by atoms with Crippen molar-refractivity contribution in [3.05, 3.63) is 23.8 Å². The molecule has 0 aliphatic carbocycles. The second kappa shape index (κ2) is 9.65. The minimum absolute atomic E-state index is 0.508. The Balaban J connectivity index is 2.70. The van der Waals surface area contributed by atoms with Crippen molar-refractivity contribution >= 4 is 0 Å². The number of unbranched alkanes of at least 4 members (excludes halogenated alkanes) is 2. The van der Waals surface area contributed by atoms with E-state index in [9.17, 15) is 0 Å². The van der Waals surface area contributed by atoms with Gasteiger partial charge < -0.3 is 14.8 Å². The lowest BCUT2D eigenvalue weighted by atomic mass is 10.1. The van der Waals surface area contributed by atoms with Gasteiger partial charge in [0.25, 0.3) is 0 Å². The molecule has 0 radical (unpaired) electrons. The summed E-state index contributed by atoms with van der Waals surface area (Å²) in [5.41, 5.74) is 1.17. The molecule has 0 fully saturated rings. The molecular weight excluding hydrogens is 250 g/mol. The van der Waals surface area contributed by atoms with Crippen LogP contribution in [-0.4, -0.2) is 19.8 Å². The summed E-state index contributed by atoms with van der Waals surface area (Å²) < 4.78 is 11.4. The molecule has 1 rings (SSSR count). The van der Waals surface area contributed by atoms with Crippen LogP contribution in [0.1, 0.15) is 52.0 Å². The van der Waals surface area contributed by atoms with Crippen molar-refractivity contribution in [2.75, 3.05) is 13.7 Å². The van der Waals surface area contributed by atoms with Gasteiger partial charge in [0.2, 0.25) is 0 Å². The van der Waals surface area contributed by atoms with Gasteiger partial charge in [-0.05, 0) is 25.8 Å². The van der Waals surface area contributed by atoms with Crippen LogP contribution in [0.4, 0.5) is 0 Å². The Morgan fingerprint density at radius 1 is 1.20 bits per heavy atom. The highest BCUT2D eigenvalue weighted by atomic mass is 16.5. The third kappa shape index (κ3) is 5.41. The molecule has 1 aromatic rings. The largest absolute Gasteiger partial charge is 0.493 e. The first-order chi connectivity index (χ1) is 9.72. The average Bonchev–Trinajstić information content (AvgIpc) is 2.49. The fourth-order valence-corrected chi connectivity index (χ4v) is 1.98. The van der Waals surface area contributed by atoms with E-state index in [-0.39, 0.29) is 0 Å². The average molecular weight is 279 g/mol. The molecule has 1 unspecified atom stereocenters. The molecule has 114 valence electrons. The molecule has 0 heterocycles. The van der Waals surface area contributed by atoms with Crippen molar-refractivity contribution in [1.82, 2.24) is 5.32 Å². The molecule has 0 bridgehead atoms. The predicted molar refractivity (Wildman–Crippen MR) is 84.6 cm³/mol. The quantitative estimate of drug-likeness (QED) is 0.653. The van der Waals surface area contributed by atoms with Crippen LogP contribution < -0.4 is 14.8 Å². The van der Waals surface area contributed by atoms with Gasteiger partial charge in [0.1, 0.15) is 0 Å². The van der Waals surface area contributed by atoms with Crippen molar-refractivity contribution in [3.63, 3.8) is 0 Å². The van der Waals surface area contributed by atoms with Gasteiger partial charge in [0.05, 0.1) is 13.7 Å². The maximum atomic E-state index is 5.96. The monoisotopic (exact) mass is 279 g/mol. The molecule has 1 N–H and O–H groups in total. The first-order valence-corrected chi connectivity index (χ1v) is 7.74. The fourth-order valence-electron chi connectivity index (χ4n) is 1.98. The van der Waals surface area contributed by atoms with Gasteiger partial charge in [-0.2, -0.15) is 0 Å². The van der Waals surface area contributed by atoms with Gasteiger partial charge in [-0.3, -0.25) is 0 Å². The van der Waals surface area contributed by atoms with Crippen LogP contribution in [0.5, 0.6) is 11.5 Å². The minimum Gasteiger partial charge on any atom is -0.493 e. The Morgan fingerprint density at radius 2 is 2.00 bits per heavy atom. The summed E-state index contributed by atoms with van der Waals surface area (Å²) in [7, 11) is 1.69. The second-order valence-corrected chi connectivity index (χ2v) is 5.19. The number of hydrogen-bond donors (Lipinski definition) is 1. The van der Waals surface area contributed by atoms with Gasteiger partial charge in [0.15, 0.2) is 11.5 Å². The maximum absolute atomic E-state index is 5.96. The number of rotatable bonds is 10. The highest BCUT2D eigenvalue weighted by molar-refractivity contribution is 5.46. The molecule has 0 saturated carbocycles.